The molecule has 7 heteroatoms. The number of carbonyl (C=O) groups excluding carboxylic acids is 2. The van der Waals surface area contributed by atoms with Gasteiger partial charge in [0, 0.05) is 25.9 Å². The highest BCUT2D eigenvalue weighted by Gasteiger charge is 2.38. The smallest absolute Gasteiger partial charge is 0.263 e. The SMILES string of the molecule is Cn1cc(CCC2(C(N)=O)C=CN=C(C(N)=O)C2)cn1. The first kappa shape index (κ1) is 14.0. The molecule has 0 bridgehead atoms. The van der Waals surface area contributed by atoms with Gasteiger partial charge >= 0.3 is 0 Å². The van der Waals surface area contributed by atoms with Crippen LogP contribution in [0.5, 0.6) is 0 Å². The van der Waals surface area contributed by atoms with Gasteiger partial charge in [0.25, 0.3) is 5.91 Å². The molecule has 106 valence electrons. The van der Waals surface area contributed by atoms with Crippen LogP contribution in [0.1, 0.15) is 18.4 Å². The van der Waals surface area contributed by atoms with Crippen molar-refractivity contribution in [1.82, 2.24) is 9.78 Å². The van der Waals surface area contributed by atoms with Gasteiger partial charge in [0.15, 0.2) is 0 Å². The van der Waals surface area contributed by atoms with Gasteiger partial charge in [-0.2, -0.15) is 5.10 Å². The molecule has 1 aromatic heterocycles. The van der Waals surface area contributed by atoms with Gasteiger partial charge in [-0.1, -0.05) is 6.08 Å². The third-order valence-corrected chi connectivity index (χ3v) is 3.50. The summed E-state index contributed by atoms with van der Waals surface area (Å²) >= 11 is 0. The van der Waals surface area contributed by atoms with Crippen LogP contribution >= 0.6 is 0 Å². The first-order chi connectivity index (χ1) is 9.43. The van der Waals surface area contributed by atoms with Crippen LogP contribution in [0, 0.1) is 5.41 Å². The summed E-state index contributed by atoms with van der Waals surface area (Å²) in [5, 5.41) is 4.08. The van der Waals surface area contributed by atoms with Crippen molar-refractivity contribution >= 4 is 17.5 Å². The number of aryl methyl sites for hydroxylation is 2. The third-order valence-electron chi connectivity index (χ3n) is 3.50. The molecule has 0 radical (unpaired) electrons. The van der Waals surface area contributed by atoms with Crippen LogP contribution in [0.3, 0.4) is 0 Å². The molecule has 0 aromatic carbocycles. The highest BCUT2D eigenvalue weighted by atomic mass is 16.2. The lowest BCUT2D eigenvalue weighted by Gasteiger charge is -2.28. The fourth-order valence-electron chi connectivity index (χ4n) is 2.26. The number of aromatic nitrogens is 2. The molecular weight excluding hydrogens is 258 g/mol. The number of nitrogens with zero attached hydrogens (tertiary/aromatic N) is 3. The Balaban J connectivity index is 2.15. The number of hydrogen-bond donors (Lipinski definition) is 2. The van der Waals surface area contributed by atoms with Gasteiger partial charge in [0.05, 0.1) is 11.6 Å². The Kier molecular flexibility index (Phi) is 3.69. The van der Waals surface area contributed by atoms with Crippen LogP contribution in [-0.2, 0) is 23.1 Å². The van der Waals surface area contributed by atoms with Crippen LogP contribution in [0.2, 0.25) is 0 Å². The fraction of sp³-hybridized carbons (Fsp3) is 0.385. The quantitative estimate of drug-likeness (QED) is 0.766. The lowest BCUT2D eigenvalue weighted by Crippen LogP contribution is -2.41. The Hall–Kier alpha value is -2.44. The van der Waals surface area contributed by atoms with Crippen LogP contribution < -0.4 is 11.5 Å². The van der Waals surface area contributed by atoms with E-state index in [-0.39, 0.29) is 12.1 Å². The summed E-state index contributed by atoms with van der Waals surface area (Å²) in [7, 11) is 1.83. The molecular formula is C13H17N5O2. The van der Waals surface area contributed by atoms with Gasteiger partial charge in [-0.15, -0.1) is 0 Å². The molecule has 0 saturated carbocycles. The minimum Gasteiger partial charge on any atom is -0.369 e. The van der Waals surface area contributed by atoms with Crippen molar-refractivity contribution in [3.63, 3.8) is 0 Å². The summed E-state index contributed by atoms with van der Waals surface area (Å²) in [6.45, 7) is 0. The van der Waals surface area contributed by atoms with Crippen LogP contribution in [0.15, 0.2) is 29.7 Å². The number of aliphatic imine (C=N–C) groups is 1. The lowest BCUT2D eigenvalue weighted by molar-refractivity contribution is -0.125. The minimum absolute atomic E-state index is 0.147. The zero-order chi connectivity index (χ0) is 14.8. The number of nitrogens with two attached hydrogens (primary N) is 2. The molecule has 7 nitrogen and oxygen atoms in total. The Bertz CT molecular complexity index is 602. The molecule has 2 amide bonds. The van der Waals surface area contributed by atoms with E-state index in [4.69, 9.17) is 11.5 Å². The topological polar surface area (TPSA) is 116 Å². The van der Waals surface area contributed by atoms with E-state index >= 15 is 0 Å². The Morgan fingerprint density at radius 1 is 1.45 bits per heavy atom. The van der Waals surface area contributed by atoms with Crippen molar-refractivity contribution in [1.29, 1.82) is 0 Å². The Labute approximate surface area is 116 Å². The molecule has 20 heavy (non-hydrogen) atoms. The van der Waals surface area contributed by atoms with Crippen molar-refractivity contribution in [2.75, 3.05) is 0 Å². The molecule has 0 saturated heterocycles. The summed E-state index contributed by atoms with van der Waals surface area (Å²) in [6, 6.07) is 0. The Morgan fingerprint density at radius 2 is 2.20 bits per heavy atom. The van der Waals surface area contributed by atoms with E-state index in [0.29, 0.717) is 12.8 Å². The second-order valence-electron chi connectivity index (χ2n) is 4.98. The molecule has 1 aromatic rings. The standard InChI is InChI=1S/C13H17N5O2/c1-18-8-9(7-17-18)2-3-13(12(15)20)4-5-16-10(6-13)11(14)19/h4-5,7-8H,2-3,6H2,1H3,(H2,14,19)(H2,15,20). The van der Waals surface area contributed by atoms with Crippen LogP contribution in [-0.4, -0.2) is 27.3 Å². The maximum absolute atomic E-state index is 11.8. The van der Waals surface area contributed by atoms with E-state index in [9.17, 15) is 9.59 Å². The van der Waals surface area contributed by atoms with Crippen LogP contribution in [0.4, 0.5) is 0 Å². The maximum atomic E-state index is 11.8. The van der Waals surface area contributed by atoms with Crippen molar-refractivity contribution in [2.24, 2.45) is 28.9 Å². The molecule has 0 spiro atoms. The lowest BCUT2D eigenvalue weighted by atomic mass is 9.76. The molecule has 2 heterocycles. The predicted octanol–water partition coefficient (Wildman–Crippen LogP) is -0.332. The van der Waals surface area contributed by atoms with Crippen molar-refractivity contribution in [3.8, 4) is 0 Å². The predicted molar refractivity (Wildman–Crippen MR) is 73.5 cm³/mol. The number of carbonyl (C=O) groups is 2. The maximum Gasteiger partial charge on any atom is 0.263 e. The van der Waals surface area contributed by atoms with E-state index in [1.54, 1.807) is 17.0 Å². The first-order valence-corrected chi connectivity index (χ1v) is 6.24. The minimum atomic E-state index is -0.915. The monoisotopic (exact) mass is 275 g/mol. The number of primary amides is 2. The highest BCUT2D eigenvalue weighted by molar-refractivity contribution is 6.39. The average molecular weight is 275 g/mol. The van der Waals surface area contributed by atoms with E-state index in [0.717, 1.165) is 5.56 Å². The van der Waals surface area contributed by atoms with E-state index in [1.165, 1.54) is 6.20 Å². The first-order valence-electron chi connectivity index (χ1n) is 6.24. The van der Waals surface area contributed by atoms with Gasteiger partial charge in [-0.05, 0) is 18.4 Å². The molecule has 1 unspecified atom stereocenters. The molecule has 1 atom stereocenters. The zero-order valence-electron chi connectivity index (χ0n) is 11.2. The molecule has 4 N–H and O–H groups in total. The summed E-state index contributed by atoms with van der Waals surface area (Å²) < 4.78 is 1.69. The number of hydrogen-bond acceptors (Lipinski definition) is 4. The molecule has 0 fully saturated rings. The third kappa shape index (κ3) is 2.76. The van der Waals surface area contributed by atoms with Gasteiger partial charge in [0.2, 0.25) is 5.91 Å². The van der Waals surface area contributed by atoms with Crippen LogP contribution in [0.25, 0.3) is 0 Å². The second kappa shape index (κ2) is 5.28. The van der Waals surface area contributed by atoms with Gasteiger partial charge in [-0.3, -0.25) is 19.3 Å². The summed E-state index contributed by atoms with van der Waals surface area (Å²) in [6.07, 6.45) is 7.96. The van der Waals surface area contributed by atoms with Gasteiger partial charge < -0.3 is 11.5 Å². The number of amides is 2. The van der Waals surface area contributed by atoms with E-state index in [2.05, 4.69) is 10.1 Å². The highest BCUT2D eigenvalue weighted by Crippen LogP contribution is 2.33. The van der Waals surface area contributed by atoms with E-state index < -0.39 is 17.2 Å². The second-order valence-corrected chi connectivity index (χ2v) is 4.98. The molecule has 0 aliphatic carbocycles. The van der Waals surface area contributed by atoms with Crippen molar-refractivity contribution in [2.45, 2.75) is 19.3 Å². The Morgan fingerprint density at radius 3 is 2.75 bits per heavy atom. The molecule has 1 aliphatic rings. The van der Waals surface area contributed by atoms with Gasteiger partial charge in [-0.25, -0.2) is 0 Å². The van der Waals surface area contributed by atoms with Crippen molar-refractivity contribution < 1.29 is 9.59 Å². The normalized spacial score (nSPS) is 21.6. The fourth-order valence-corrected chi connectivity index (χ4v) is 2.26. The largest absolute Gasteiger partial charge is 0.369 e. The summed E-state index contributed by atoms with van der Waals surface area (Å²) in [5.74, 6) is -1.10. The van der Waals surface area contributed by atoms with Gasteiger partial charge in [0.1, 0.15) is 5.71 Å². The summed E-state index contributed by atoms with van der Waals surface area (Å²) in [5.41, 5.74) is 11.0. The molecule has 1 aliphatic heterocycles. The number of rotatable bonds is 5. The van der Waals surface area contributed by atoms with E-state index in [1.807, 2.05) is 13.2 Å². The summed E-state index contributed by atoms with van der Waals surface area (Å²) in [4.78, 5) is 27.0. The average Bonchev–Trinajstić information content (AvgIpc) is 2.82. The zero-order valence-corrected chi connectivity index (χ0v) is 11.2. The molecule has 2 rings (SSSR count). The van der Waals surface area contributed by atoms with Crippen molar-refractivity contribution in [3.05, 3.63) is 30.2 Å².